The van der Waals surface area contributed by atoms with Crippen LogP contribution in [0.4, 0.5) is 17.3 Å². The first-order valence-corrected chi connectivity index (χ1v) is 5.73. The molecule has 94 valence electrons. The third kappa shape index (κ3) is 2.57. The largest absolute Gasteiger partial charge is 0.329 e. The highest BCUT2D eigenvalue weighted by molar-refractivity contribution is 5.62. The van der Waals surface area contributed by atoms with Crippen LogP contribution in [0.15, 0.2) is 30.3 Å². The van der Waals surface area contributed by atoms with Crippen molar-refractivity contribution in [1.82, 2.24) is 9.97 Å². The minimum atomic E-state index is 0.608. The van der Waals surface area contributed by atoms with Crippen molar-refractivity contribution in [3.05, 3.63) is 41.7 Å². The quantitative estimate of drug-likeness (QED) is 0.638. The topological polar surface area (TPSA) is 67.1 Å². The van der Waals surface area contributed by atoms with Gasteiger partial charge < -0.3 is 10.3 Å². The minimum absolute atomic E-state index is 0.608. The highest BCUT2D eigenvalue weighted by atomic mass is 15.3. The number of rotatable bonds is 3. The summed E-state index contributed by atoms with van der Waals surface area (Å²) in [6.45, 7) is 3.91. The summed E-state index contributed by atoms with van der Waals surface area (Å²) in [5.41, 5.74) is 4.84. The Labute approximate surface area is 107 Å². The van der Waals surface area contributed by atoms with Gasteiger partial charge >= 0.3 is 0 Å². The molecule has 2 rings (SSSR count). The Morgan fingerprint density at radius 1 is 1.17 bits per heavy atom. The van der Waals surface area contributed by atoms with Gasteiger partial charge in [0.2, 0.25) is 0 Å². The molecule has 0 amide bonds. The molecule has 0 radical (unpaired) electrons. The zero-order valence-corrected chi connectivity index (χ0v) is 10.8. The minimum Gasteiger partial charge on any atom is -0.329 e. The lowest BCUT2D eigenvalue weighted by molar-refractivity contribution is 1.01. The van der Waals surface area contributed by atoms with Gasteiger partial charge in [0, 0.05) is 18.8 Å². The Hall–Kier alpha value is -2.14. The van der Waals surface area contributed by atoms with E-state index in [-0.39, 0.29) is 0 Å². The van der Waals surface area contributed by atoms with E-state index < -0.39 is 0 Å². The van der Waals surface area contributed by atoms with Crippen LogP contribution in [-0.4, -0.2) is 17.0 Å². The smallest absolute Gasteiger partial charge is 0.145 e. The van der Waals surface area contributed by atoms with E-state index in [0.717, 1.165) is 11.5 Å². The standard InChI is InChI=1S/C13H17N5/c1-9-5-4-6-11(7-9)18(3)13-8-12(17-14)15-10(2)16-13/h4-8H,14H2,1-3H3,(H,15,16,17). The van der Waals surface area contributed by atoms with Gasteiger partial charge in [-0.1, -0.05) is 12.1 Å². The van der Waals surface area contributed by atoms with Gasteiger partial charge in [0.1, 0.15) is 17.5 Å². The van der Waals surface area contributed by atoms with Crippen molar-refractivity contribution < 1.29 is 0 Å². The fourth-order valence-corrected chi connectivity index (χ4v) is 1.77. The number of nitrogens with one attached hydrogen (secondary N) is 1. The van der Waals surface area contributed by atoms with E-state index in [1.165, 1.54) is 5.56 Å². The van der Waals surface area contributed by atoms with Crippen LogP contribution in [0.3, 0.4) is 0 Å². The summed E-state index contributed by atoms with van der Waals surface area (Å²) in [7, 11) is 1.97. The summed E-state index contributed by atoms with van der Waals surface area (Å²) >= 11 is 0. The Kier molecular flexibility index (Phi) is 3.43. The van der Waals surface area contributed by atoms with Crippen LogP contribution in [-0.2, 0) is 0 Å². The molecule has 5 heteroatoms. The fraction of sp³-hybridized carbons (Fsp3) is 0.231. The number of aromatic nitrogens is 2. The third-order valence-electron chi connectivity index (χ3n) is 2.70. The zero-order valence-electron chi connectivity index (χ0n) is 10.8. The molecule has 0 bridgehead atoms. The molecule has 0 atom stereocenters. The lowest BCUT2D eigenvalue weighted by atomic mass is 10.2. The molecule has 0 aliphatic heterocycles. The molecule has 3 N–H and O–H groups in total. The van der Waals surface area contributed by atoms with Gasteiger partial charge in [-0.3, -0.25) is 0 Å². The van der Waals surface area contributed by atoms with Crippen molar-refractivity contribution in [3.63, 3.8) is 0 Å². The second-order valence-electron chi connectivity index (χ2n) is 4.20. The van der Waals surface area contributed by atoms with Gasteiger partial charge in [-0.2, -0.15) is 0 Å². The van der Waals surface area contributed by atoms with Gasteiger partial charge in [0.25, 0.3) is 0 Å². The number of benzene rings is 1. The first kappa shape index (κ1) is 12.3. The van der Waals surface area contributed by atoms with Crippen LogP contribution in [0.2, 0.25) is 0 Å². The number of hydrazine groups is 1. The van der Waals surface area contributed by atoms with Gasteiger partial charge in [-0.05, 0) is 31.5 Å². The molecule has 1 aromatic carbocycles. The number of nitrogens with two attached hydrogens (primary N) is 1. The fourth-order valence-electron chi connectivity index (χ4n) is 1.77. The maximum atomic E-state index is 5.39. The molecule has 0 saturated heterocycles. The average Bonchev–Trinajstić information content (AvgIpc) is 2.37. The van der Waals surface area contributed by atoms with Crippen molar-refractivity contribution in [2.45, 2.75) is 13.8 Å². The van der Waals surface area contributed by atoms with Crippen LogP contribution < -0.4 is 16.2 Å². The van der Waals surface area contributed by atoms with Crippen molar-refractivity contribution in [1.29, 1.82) is 0 Å². The Morgan fingerprint density at radius 3 is 2.61 bits per heavy atom. The van der Waals surface area contributed by atoms with Gasteiger partial charge in [-0.25, -0.2) is 15.8 Å². The zero-order chi connectivity index (χ0) is 13.1. The summed E-state index contributed by atoms with van der Waals surface area (Å²) < 4.78 is 0. The summed E-state index contributed by atoms with van der Waals surface area (Å²) in [4.78, 5) is 10.6. The molecule has 1 aromatic heterocycles. The molecule has 5 nitrogen and oxygen atoms in total. The predicted octanol–water partition coefficient (Wildman–Crippen LogP) is 2.15. The number of nitrogen functional groups attached to an aromatic ring is 1. The Bertz CT molecular complexity index is 553. The van der Waals surface area contributed by atoms with E-state index in [1.807, 2.05) is 37.1 Å². The number of anilines is 3. The Balaban J connectivity index is 2.39. The van der Waals surface area contributed by atoms with Crippen LogP contribution in [0.1, 0.15) is 11.4 Å². The van der Waals surface area contributed by atoms with E-state index in [0.29, 0.717) is 11.6 Å². The first-order chi connectivity index (χ1) is 8.60. The van der Waals surface area contributed by atoms with Crippen LogP contribution in [0, 0.1) is 13.8 Å². The summed E-state index contributed by atoms with van der Waals surface area (Å²) in [6, 6.07) is 10.1. The number of aryl methyl sites for hydroxylation is 2. The predicted molar refractivity (Wildman–Crippen MR) is 73.8 cm³/mol. The van der Waals surface area contributed by atoms with E-state index in [1.54, 1.807) is 0 Å². The van der Waals surface area contributed by atoms with E-state index in [9.17, 15) is 0 Å². The van der Waals surface area contributed by atoms with Crippen LogP contribution >= 0.6 is 0 Å². The van der Waals surface area contributed by atoms with Crippen molar-refractivity contribution >= 4 is 17.3 Å². The average molecular weight is 243 g/mol. The second kappa shape index (κ2) is 5.01. The normalized spacial score (nSPS) is 10.2. The van der Waals surface area contributed by atoms with Gasteiger partial charge in [0.15, 0.2) is 0 Å². The summed E-state index contributed by atoms with van der Waals surface area (Å²) in [5, 5.41) is 0. The summed E-state index contributed by atoms with van der Waals surface area (Å²) in [5.74, 6) is 7.49. The lowest BCUT2D eigenvalue weighted by Gasteiger charge is -2.19. The molecule has 0 spiro atoms. The molecule has 18 heavy (non-hydrogen) atoms. The highest BCUT2D eigenvalue weighted by Gasteiger charge is 2.08. The highest BCUT2D eigenvalue weighted by Crippen LogP contribution is 2.23. The van der Waals surface area contributed by atoms with Crippen LogP contribution in [0.25, 0.3) is 0 Å². The van der Waals surface area contributed by atoms with E-state index >= 15 is 0 Å². The van der Waals surface area contributed by atoms with E-state index in [4.69, 9.17) is 5.84 Å². The van der Waals surface area contributed by atoms with Gasteiger partial charge in [-0.15, -0.1) is 0 Å². The van der Waals surface area contributed by atoms with Crippen molar-refractivity contribution in [2.75, 3.05) is 17.4 Å². The SMILES string of the molecule is Cc1cccc(N(C)c2cc(NN)nc(C)n2)c1. The number of nitrogens with zero attached hydrogens (tertiary/aromatic N) is 3. The molecule has 0 aliphatic carbocycles. The molecule has 0 fully saturated rings. The number of hydrogen-bond acceptors (Lipinski definition) is 5. The molecular weight excluding hydrogens is 226 g/mol. The summed E-state index contributed by atoms with van der Waals surface area (Å²) in [6.07, 6.45) is 0. The lowest BCUT2D eigenvalue weighted by Crippen LogP contribution is -2.15. The van der Waals surface area contributed by atoms with Crippen molar-refractivity contribution in [3.8, 4) is 0 Å². The van der Waals surface area contributed by atoms with Crippen LogP contribution in [0.5, 0.6) is 0 Å². The molecule has 0 unspecified atom stereocenters. The van der Waals surface area contributed by atoms with E-state index in [2.05, 4.69) is 34.5 Å². The first-order valence-electron chi connectivity index (χ1n) is 5.73. The number of hydrogen-bond donors (Lipinski definition) is 2. The molecule has 1 heterocycles. The van der Waals surface area contributed by atoms with Gasteiger partial charge in [0.05, 0.1) is 0 Å². The third-order valence-corrected chi connectivity index (χ3v) is 2.70. The maximum absolute atomic E-state index is 5.39. The molecule has 2 aromatic rings. The second-order valence-corrected chi connectivity index (χ2v) is 4.20. The molecule has 0 aliphatic rings. The molecular formula is C13H17N5. The molecule has 0 saturated carbocycles. The monoisotopic (exact) mass is 243 g/mol. The Morgan fingerprint density at radius 2 is 1.94 bits per heavy atom. The maximum Gasteiger partial charge on any atom is 0.145 e. The van der Waals surface area contributed by atoms with Crippen molar-refractivity contribution in [2.24, 2.45) is 5.84 Å².